The van der Waals surface area contributed by atoms with Crippen molar-refractivity contribution < 1.29 is 14.3 Å². The van der Waals surface area contributed by atoms with Gasteiger partial charge in [0.15, 0.2) is 0 Å². The van der Waals surface area contributed by atoms with Crippen molar-refractivity contribution in [2.24, 2.45) is 5.92 Å². The van der Waals surface area contributed by atoms with Crippen LogP contribution in [0.15, 0.2) is 48.5 Å². The van der Waals surface area contributed by atoms with Gasteiger partial charge in [0.05, 0.1) is 12.5 Å². The third-order valence-electron chi connectivity index (χ3n) is 4.81. The molecule has 1 atom stereocenters. The molecule has 142 valence electrons. The Morgan fingerprint density at radius 1 is 1.15 bits per heavy atom. The first kappa shape index (κ1) is 19.0. The van der Waals surface area contributed by atoms with E-state index < -0.39 is 0 Å². The van der Waals surface area contributed by atoms with Gasteiger partial charge in [0, 0.05) is 35.8 Å². The summed E-state index contributed by atoms with van der Waals surface area (Å²) < 4.78 is 5.74. The van der Waals surface area contributed by atoms with Crippen molar-refractivity contribution in [1.29, 1.82) is 0 Å². The minimum Gasteiger partial charge on any atom is -0.493 e. The number of para-hydroxylation sites is 2. The summed E-state index contributed by atoms with van der Waals surface area (Å²) >= 11 is 0. The van der Waals surface area contributed by atoms with Gasteiger partial charge in [-0.2, -0.15) is 0 Å². The fourth-order valence-electron chi connectivity index (χ4n) is 3.44. The van der Waals surface area contributed by atoms with Crippen molar-refractivity contribution in [3.63, 3.8) is 0 Å². The van der Waals surface area contributed by atoms with Gasteiger partial charge in [-0.3, -0.25) is 9.59 Å². The summed E-state index contributed by atoms with van der Waals surface area (Å²) in [6.45, 7) is 6.93. The van der Waals surface area contributed by atoms with E-state index in [2.05, 4.69) is 5.32 Å². The number of nitrogens with zero attached hydrogens (tertiary/aromatic N) is 1. The normalized spacial score (nSPS) is 16.7. The lowest BCUT2D eigenvalue weighted by Gasteiger charge is -2.21. The smallest absolute Gasteiger partial charge is 0.229 e. The third kappa shape index (κ3) is 4.13. The molecule has 5 heteroatoms. The topological polar surface area (TPSA) is 58.6 Å². The van der Waals surface area contributed by atoms with Gasteiger partial charge >= 0.3 is 0 Å². The maximum absolute atomic E-state index is 12.8. The molecule has 1 heterocycles. The third-order valence-corrected chi connectivity index (χ3v) is 4.81. The first-order valence-electron chi connectivity index (χ1n) is 9.42. The van der Waals surface area contributed by atoms with E-state index in [1.54, 1.807) is 4.90 Å². The van der Waals surface area contributed by atoms with Crippen LogP contribution in [0, 0.1) is 5.92 Å². The number of hydrogen-bond donors (Lipinski definition) is 1. The summed E-state index contributed by atoms with van der Waals surface area (Å²) in [5.74, 6) is 0.381. The molecule has 27 heavy (non-hydrogen) atoms. The second-order valence-electron chi connectivity index (χ2n) is 7.00. The second-order valence-corrected chi connectivity index (χ2v) is 7.00. The van der Waals surface area contributed by atoms with Gasteiger partial charge in [-0.15, -0.1) is 0 Å². The zero-order valence-electron chi connectivity index (χ0n) is 16.1. The van der Waals surface area contributed by atoms with Crippen LogP contribution in [0.4, 0.5) is 5.69 Å². The molecule has 0 aliphatic carbocycles. The summed E-state index contributed by atoms with van der Waals surface area (Å²) in [4.78, 5) is 26.7. The van der Waals surface area contributed by atoms with Crippen LogP contribution in [0.3, 0.4) is 0 Å². The van der Waals surface area contributed by atoms with Gasteiger partial charge in [0.1, 0.15) is 5.75 Å². The quantitative estimate of drug-likeness (QED) is 0.842. The monoisotopic (exact) mass is 366 g/mol. The molecule has 0 spiro atoms. The van der Waals surface area contributed by atoms with Crippen LogP contribution in [0.5, 0.6) is 5.75 Å². The van der Waals surface area contributed by atoms with Crippen molar-refractivity contribution in [3.05, 3.63) is 48.5 Å². The van der Waals surface area contributed by atoms with Crippen LogP contribution in [-0.2, 0) is 9.59 Å². The van der Waals surface area contributed by atoms with E-state index in [9.17, 15) is 9.59 Å². The molecule has 1 N–H and O–H groups in total. The second kappa shape index (κ2) is 8.25. The van der Waals surface area contributed by atoms with Crippen LogP contribution in [0.25, 0.3) is 11.1 Å². The molecule has 2 aromatic carbocycles. The molecule has 1 aliphatic heterocycles. The zero-order chi connectivity index (χ0) is 19.4. The van der Waals surface area contributed by atoms with Gasteiger partial charge in [0.25, 0.3) is 0 Å². The lowest BCUT2D eigenvalue weighted by atomic mass is 10.0. The molecule has 0 radical (unpaired) electrons. The number of benzene rings is 2. The van der Waals surface area contributed by atoms with Gasteiger partial charge in [-0.1, -0.05) is 36.4 Å². The molecule has 0 bridgehead atoms. The SMILES string of the molecule is CCOc1ccccc1-c1ccccc1NC(=O)[C@@H]1CC(=O)N(C(C)C)C1. The number of nitrogens with one attached hydrogen (secondary N) is 1. The van der Waals surface area contributed by atoms with E-state index in [4.69, 9.17) is 4.74 Å². The molecule has 1 saturated heterocycles. The van der Waals surface area contributed by atoms with Crippen molar-refractivity contribution >= 4 is 17.5 Å². The average molecular weight is 366 g/mol. The summed E-state index contributed by atoms with van der Waals surface area (Å²) in [7, 11) is 0. The zero-order valence-corrected chi connectivity index (χ0v) is 16.1. The number of anilines is 1. The summed E-state index contributed by atoms with van der Waals surface area (Å²) in [6.07, 6.45) is 0.266. The van der Waals surface area contributed by atoms with Crippen LogP contribution < -0.4 is 10.1 Å². The van der Waals surface area contributed by atoms with Crippen molar-refractivity contribution in [1.82, 2.24) is 4.90 Å². The highest BCUT2D eigenvalue weighted by Gasteiger charge is 2.35. The van der Waals surface area contributed by atoms with Crippen LogP contribution in [0.1, 0.15) is 27.2 Å². The molecule has 1 aliphatic rings. The first-order chi connectivity index (χ1) is 13.0. The fourth-order valence-corrected chi connectivity index (χ4v) is 3.44. The minimum absolute atomic E-state index is 0.0418. The Morgan fingerprint density at radius 3 is 2.48 bits per heavy atom. The lowest BCUT2D eigenvalue weighted by molar-refractivity contribution is -0.129. The molecule has 5 nitrogen and oxygen atoms in total. The fraction of sp³-hybridized carbons (Fsp3) is 0.364. The van der Waals surface area contributed by atoms with Crippen molar-refractivity contribution in [2.75, 3.05) is 18.5 Å². The number of likely N-dealkylation sites (tertiary alicyclic amines) is 1. The van der Waals surface area contributed by atoms with Crippen LogP contribution in [0.2, 0.25) is 0 Å². The van der Waals surface area contributed by atoms with E-state index in [1.807, 2.05) is 69.3 Å². The Kier molecular flexibility index (Phi) is 5.79. The highest BCUT2D eigenvalue weighted by Crippen LogP contribution is 2.35. The van der Waals surface area contributed by atoms with E-state index in [-0.39, 0.29) is 30.2 Å². The van der Waals surface area contributed by atoms with Crippen LogP contribution in [-0.4, -0.2) is 35.9 Å². The molecular formula is C22H26N2O3. The summed E-state index contributed by atoms with van der Waals surface area (Å²) in [6, 6.07) is 15.6. The molecule has 2 amide bonds. The molecular weight excluding hydrogens is 340 g/mol. The Morgan fingerprint density at radius 2 is 1.81 bits per heavy atom. The number of amides is 2. The van der Waals surface area contributed by atoms with E-state index >= 15 is 0 Å². The van der Waals surface area contributed by atoms with Crippen molar-refractivity contribution in [3.8, 4) is 16.9 Å². The average Bonchev–Trinajstić information content (AvgIpc) is 3.05. The maximum atomic E-state index is 12.8. The minimum atomic E-state index is -0.324. The van der Waals surface area contributed by atoms with E-state index in [0.717, 1.165) is 22.6 Å². The van der Waals surface area contributed by atoms with Gasteiger partial charge in [0.2, 0.25) is 11.8 Å². The number of carbonyl (C=O) groups excluding carboxylic acids is 2. The summed E-state index contributed by atoms with van der Waals surface area (Å²) in [5, 5.41) is 3.03. The highest BCUT2D eigenvalue weighted by molar-refractivity contribution is 6.00. The maximum Gasteiger partial charge on any atom is 0.229 e. The number of ether oxygens (including phenoxy) is 1. The largest absolute Gasteiger partial charge is 0.493 e. The van der Waals surface area contributed by atoms with Crippen molar-refractivity contribution in [2.45, 2.75) is 33.2 Å². The molecule has 0 aromatic heterocycles. The Labute approximate surface area is 160 Å². The van der Waals surface area contributed by atoms with Crippen LogP contribution >= 0.6 is 0 Å². The Hall–Kier alpha value is -2.82. The molecule has 3 rings (SSSR count). The predicted octanol–water partition coefficient (Wildman–Crippen LogP) is 3.95. The standard InChI is InChI=1S/C22H26N2O3/c1-4-27-20-12-8-6-10-18(20)17-9-5-7-11-19(17)23-22(26)16-13-21(25)24(14-16)15(2)3/h5-12,15-16H,4,13-14H2,1-3H3,(H,23,26)/t16-/m1/s1. The first-order valence-corrected chi connectivity index (χ1v) is 9.42. The highest BCUT2D eigenvalue weighted by atomic mass is 16.5. The molecule has 0 saturated carbocycles. The lowest BCUT2D eigenvalue weighted by Crippen LogP contribution is -2.33. The van der Waals surface area contributed by atoms with Gasteiger partial charge in [-0.05, 0) is 32.9 Å². The van der Waals surface area contributed by atoms with Gasteiger partial charge < -0.3 is 15.0 Å². The number of rotatable bonds is 6. The molecule has 2 aromatic rings. The van der Waals surface area contributed by atoms with Gasteiger partial charge in [-0.25, -0.2) is 0 Å². The Bertz CT molecular complexity index is 832. The molecule has 1 fully saturated rings. The molecule has 0 unspecified atom stereocenters. The predicted molar refractivity (Wildman–Crippen MR) is 107 cm³/mol. The Balaban J connectivity index is 1.83. The number of carbonyl (C=O) groups is 2. The van der Waals surface area contributed by atoms with E-state index in [0.29, 0.717) is 13.2 Å². The van der Waals surface area contributed by atoms with E-state index in [1.165, 1.54) is 0 Å². The summed E-state index contributed by atoms with van der Waals surface area (Å²) in [5.41, 5.74) is 2.56. The number of hydrogen-bond acceptors (Lipinski definition) is 3.